The number of hydrogen-bond donors (Lipinski definition) is 0. The normalized spacial score (nSPS) is 30.9. The molecule has 2 heteroatoms. The van der Waals surface area contributed by atoms with Crippen molar-refractivity contribution in [2.45, 2.75) is 24.9 Å². The molecule has 2 bridgehead atoms. The number of fused-ring (bicyclic) bond motifs is 4. The molecule has 2 atom stereocenters. The van der Waals surface area contributed by atoms with E-state index < -0.39 is 0 Å². The summed E-state index contributed by atoms with van der Waals surface area (Å²) >= 11 is 3.51. The molecule has 1 nitrogen and oxygen atoms in total. The minimum Gasteiger partial charge on any atom is -0.483 e. The van der Waals surface area contributed by atoms with Gasteiger partial charge < -0.3 is 4.74 Å². The number of rotatable bonds is 0. The van der Waals surface area contributed by atoms with Crippen LogP contribution in [0.4, 0.5) is 0 Å². The maximum absolute atomic E-state index is 6.04. The van der Waals surface area contributed by atoms with Crippen LogP contribution in [0.2, 0.25) is 0 Å². The molecule has 0 N–H and O–H groups in total. The number of halogens is 1. The molecule has 0 amide bonds. The molecule has 1 aliphatic carbocycles. The van der Waals surface area contributed by atoms with Crippen LogP contribution in [0.3, 0.4) is 0 Å². The van der Waals surface area contributed by atoms with Crippen LogP contribution < -0.4 is 4.74 Å². The Hall–Kier alpha value is -1.02. The predicted octanol–water partition coefficient (Wildman–Crippen LogP) is 4.20. The van der Waals surface area contributed by atoms with Gasteiger partial charge in [0, 0.05) is 22.4 Å². The first-order chi connectivity index (χ1) is 7.57. The van der Waals surface area contributed by atoms with Crippen LogP contribution in [0.1, 0.15) is 24.8 Å². The molecule has 1 aromatic carbocycles. The highest BCUT2D eigenvalue weighted by atomic mass is 79.9. The quantitative estimate of drug-likeness (QED) is 0.690. The van der Waals surface area contributed by atoms with Crippen molar-refractivity contribution in [3.63, 3.8) is 0 Å². The summed E-state index contributed by atoms with van der Waals surface area (Å²) < 4.78 is 7.14. The molecule has 16 heavy (non-hydrogen) atoms. The van der Waals surface area contributed by atoms with E-state index in [2.05, 4.69) is 47.7 Å². The minimum atomic E-state index is -0.160. The fourth-order valence-corrected chi connectivity index (χ4v) is 2.90. The second-order valence-corrected chi connectivity index (χ2v) is 5.68. The summed E-state index contributed by atoms with van der Waals surface area (Å²) in [4.78, 5) is 0. The highest BCUT2D eigenvalue weighted by molar-refractivity contribution is 9.10. The maximum Gasteiger partial charge on any atom is 0.126 e. The van der Waals surface area contributed by atoms with Gasteiger partial charge in [-0.3, -0.25) is 0 Å². The van der Waals surface area contributed by atoms with Gasteiger partial charge in [0.2, 0.25) is 0 Å². The van der Waals surface area contributed by atoms with E-state index in [1.54, 1.807) is 0 Å². The molecular formula is C14H13BrO. The van der Waals surface area contributed by atoms with Gasteiger partial charge in [-0.1, -0.05) is 28.6 Å². The average Bonchev–Trinajstić information content (AvgIpc) is 2.25. The molecule has 1 aromatic rings. The molecule has 82 valence electrons. The molecule has 0 radical (unpaired) electrons. The van der Waals surface area contributed by atoms with Crippen molar-refractivity contribution in [3.05, 3.63) is 52.5 Å². The molecular weight excluding hydrogens is 264 g/mol. The zero-order valence-corrected chi connectivity index (χ0v) is 10.8. The predicted molar refractivity (Wildman–Crippen MR) is 68.8 cm³/mol. The van der Waals surface area contributed by atoms with E-state index in [9.17, 15) is 0 Å². The third kappa shape index (κ3) is 1.44. The van der Waals surface area contributed by atoms with E-state index in [-0.39, 0.29) is 5.60 Å². The summed E-state index contributed by atoms with van der Waals surface area (Å²) in [6.45, 7) is 6.27. The van der Waals surface area contributed by atoms with Gasteiger partial charge in [0.15, 0.2) is 0 Å². The minimum absolute atomic E-state index is 0.160. The lowest BCUT2D eigenvalue weighted by atomic mass is 9.75. The molecule has 0 saturated carbocycles. The fourth-order valence-electron chi connectivity index (χ4n) is 2.53. The van der Waals surface area contributed by atoms with Crippen LogP contribution >= 0.6 is 15.9 Å². The van der Waals surface area contributed by atoms with Crippen LogP contribution in [0, 0.1) is 0 Å². The van der Waals surface area contributed by atoms with E-state index in [1.165, 1.54) is 11.1 Å². The molecule has 1 heterocycles. The number of allylic oxidation sites excluding steroid dienone is 2. The van der Waals surface area contributed by atoms with Crippen molar-refractivity contribution >= 4 is 15.9 Å². The van der Waals surface area contributed by atoms with Gasteiger partial charge in [-0.15, -0.1) is 0 Å². The standard InChI is InChI=1S/C14H13BrO/c1-9-5-6-14(2)8-12(9)11-7-10(15)3-4-13(11)16-14/h3-7,12H,1,8H2,2H3. The van der Waals surface area contributed by atoms with Gasteiger partial charge in [0.1, 0.15) is 11.4 Å². The van der Waals surface area contributed by atoms with Crippen LogP contribution in [-0.2, 0) is 0 Å². The zero-order chi connectivity index (χ0) is 11.3. The number of hydrogen-bond acceptors (Lipinski definition) is 1. The van der Waals surface area contributed by atoms with Crippen LogP contribution in [0.25, 0.3) is 0 Å². The summed E-state index contributed by atoms with van der Waals surface area (Å²) in [7, 11) is 0. The second kappa shape index (κ2) is 3.24. The van der Waals surface area contributed by atoms with Crippen molar-refractivity contribution in [2.24, 2.45) is 0 Å². The molecule has 0 spiro atoms. The van der Waals surface area contributed by atoms with Gasteiger partial charge in [0.25, 0.3) is 0 Å². The molecule has 0 aromatic heterocycles. The third-order valence-electron chi connectivity index (χ3n) is 3.40. The van der Waals surface area contributed by atoms with Crippen molar-refractivity contribution < 1.29 is 4.74 Å². The molecule has 2 unspecified atom stereocenters. The first-order valence-corrected chi connectivity index (χ1v) is 6.23. The summed E-state index contributed by atoms with van der Waals surface area (Å²) in [6, 6.07) is 6.20. The van der Waals surface area contributed by atoms with Crippen molar-refractivity contribution in [2.75, 3.05) is 0 Å². The highest BCUT2D eigenvalue weighted by Crippen LogP contribution is 2.48. The first-order valence-electron chi connectivity index (χ1n) is 5.44. The van der Waals surface area contributed by atoms with Gasteiger partial charge in [-0.2, -0.15) is 0 Å². The monoisotopic (exact) mass is 276 g/mol. The molecule has 3 rings (SSSR count). The van der Waals surface area contributed by atoms with Crippen molar-refractivity contribution in [3.8, 4) is 5.75 Å². The summed E-state index contributed by atoms with van der Waals surface area (Å²) in [5.41, 5.74) is 2.27. The Balaban J connectivity index is 2.19. The zero-order valence-electron chi connectivity index (χ0n) is 9.16. The molecule has 2 aliphatic rings. The average molecular weight is 277 g/mol. The maximum atomic E-state index is 6.04. The number of benzene rings is 1. The SMILES string of the molecule is C=C1C=CC2(C)CC1c1cc(Br)ccc1O2. The Bertz CT molecular complexity index is 503. The topological polar surface area (TPSA) is 9.23 Å². The van der Waals surface area contributed by atoms with Crippen LogP contribution in [-0.4, -0.2) is 5.60 Å². The van der Waals surface area contributed by atoms with Gasteiger partial charge in [-0.05, 0) is 36.8 Å². The lowest BCUT2D eigenvalue weighted by Gasteiger charge is -2.41. The first kappa shape index (κ1) is 10.2. The van der Waals surface area contributed by atoms with E-state index in [0.29, 0.717) is 5.92 Å². The van der Waals surface area contributed by atoms with Crippen LogP contribution in [0.15, 0.2) is 47.0 Å². The smallest absolute Gasteiger partial charge is 0.126 e. The lowest BCUT2D eigenvalue weighted by molar-refractivity contribution is 0.102. The largest absolute Gasteiger partial charge is 0.483 e. The Labute approximate surface area is 104 Å². The Morgan fingerprint density at radius 2 is 2.31 bits per heavy atom. The van der Waals surface area contributed by atoms with E-state index >= 15 is 0 Å². The van der Waals surface area contributed by atoms with Gasteiger partial charge in [-0.25, -0.2) is 0 Å². The van der Waals surface area contributed by atoms with Gasteiger partial charge in [0.05, 0.1) is 0 Å². The molecule has 0 fully saturated rings. The van der Waals surface area contributed by atoms with Crippen molar-refractivity contribution in [1.82, 2.24) is 0 Å². The van der Waals surface area contributed by atoms with Crippen molar-refractivity contribution in [1.29, 1.82) is 0 Å². The van der Waals surface area contributed by atoms with E-state index in [1.807, 2.05) is 12.1 Å². The Kier molecular flexibility index (Phi) is 2.05. The summed E-state index contributed by atoms with van der Waals surface area (Å²) in [6.07, 6.45) is 5.21. The third-order valence-corrected chi connectivity index (χ3v) is 3.89. The lowest BCUT2D eigenvalue weighted by Crippen LogP contribution is -2.38. The second-order valence-electron chi connectivity index (χ2n) is 4.76. The van der Waals surface area contributed by atoms with Crippen LogP contribution in [0.5, 0.6) is 5.75 Å². The number of ether oxygens (including phenoxy) is 1. The van der Waals surface area contributed by atoms with E-state index in [4.69, 9.17) is 4.74 Å². The Morgan fingerprint density at radius 1 is 1.50 bits per heavy atom. The van der Waals surface area contributed by atoms with Gasteiger partial charge >= 0.3 is 0 Å². The fraction of sp³-hybridized carbons (Fsp3) is 0.286. The summed E-state index contributed by atoms with van der Waals surface area (Å²) in [5, 5.41) is 0. The van der Waals surface area contributed by atoms with E-state index in [0.717, 1.165) is 16.6 Å². The summed E-state index contributed by atoms with van der Waals surface area (Å²) in [5.74, 6) is 1.39. The Morgan fingerprint density at radius 3 is 3.12 bits per heavy atom. The highest BCUT2D eigenvalue weighted by Gasteiger charge is 2.38. The molecule has 0 saturated heterocycles. The molecule has 1 aliphatic heterocycles.